The third kappa shape index (κ3) is 9.65. The molecule has 3 N–H and O–H groups in total. The molecule has 4 amide bonds. The number of carbonyl (C=O) groups excluding carboxylic acids is 3. The Morgan fingerprint density at radius 3 is 1.54 bits per heavy atom. The number of urea groups is 1. The van der Waals surface area contributed by atoms with Gasteiger partial charge in [0.1, 0.15) is 35.4 Å². The highest BCUT2D eigenvalue weighted by molar-refractivity contribution is 7.88. The maximum atomic E-state index is 14.2. The Morgan fingerprint density at radius 2 is 1.09 bits per heavy atom. The molecule has 292 valence electrons. The quantitative estimate of drug-likeness (QED) is 0.110. The molecule has 0 aliphatic rings. The van der Waals surface area contributed by atoms with Crippen molar-refractivity contribution in [1.82, 2.24) is 24.7 Å². The van der Waals surface area contributed by atoms with Crippen molar-refractivity contribution in [3.05, 3.63) is 118 Å². The number of likely N-dealkylation sites (N-methyl/N-ethyl adjacent to an activating group) is 2. The molecule has 2 heterocycles. The molecule has 2 aromatic heterocycles. The Balaban J connectivity index is 1.26. The standard InChI is InChI=1S/C37H33F4N7O5S3/c1-3-47(27-5-7-33-29(17-27)42-19-54-33)35(49)31(13-21-9-23(38)15-24(39)10-21)44-37(51)46-56(52,53)45-32(14-22-11-25(40)16-26(41)12-22)36(50)48(4-2)28-6-8-34-30(18-28)43-20-55-34/h5-12,15-20,31-32,45H,3-4,13-14H2,1-2H3,(H2,44,46,51)/t31?,32-/m0/s1. The highest BCUT2D eigenvalue weighted by Gasteiger charge is 2.33. The minimum Gasteiger partial charge on any atom is -0.325 e. The van der Waals surface area contributed by atoms with E-state index in [1.807, 2.05) is 0 Å². The van der Waals surface area contributed by atoms with Crippen LogP contribution in [-0.2, 0) is 32.6 Å². The fourth-order valence-corrected chi connectivity index (χ4v) is 8.41. The van der Waals surface area contributed by atoms with Crippen molar-refractivity contribution in [1.29, 1.82) is 0 Å². The highest BCUT2D eigenvalue weighted by atomic mass is 32.2. The molecular formula is C37H33F4N7O5S3. The number of aromatic nitrogens is 2. The maximum absolute atomic E-state index is 14.2. The zero-order valence-corrected chi connectivity index (χ0v) is 32.1. The maximum Gasteiger partial charge on any atom is 0.330 e. The first-order chi connectivity index (χ1) is 26.7. The lowest BCUT2D eigenvalue weighted by molar-refractivity contribution is -0.120. The number of benzene rings is 4. The van der Waals surface area contributed by atoms with Gasteiger partial charge in [-0.2, -0.15) is 13.1 Å². The van der Waals surface area contributed by atoms with Crippen LogP contribution < -0.4 is 24.6 Å². The predicted molar refractivity (Wildman–Crippen MR) is 207 cm³/mol. The summed E-state index contributed by atoms with van der Waals surface area (Å²) in [5.41, 5.74) is 5.10. The number of rotatable bonds is 14. The molecule has 12 nitrogen and oxygen atoms in total. The van der Waals surface area contributed by atoms with Gasteiger partial charge in [0.05, 0.1) is 31.5 Å². The van der Waals surface area contributed by atoms with Gasteiger partial charge in [-0.15, -0.1) is 22.7 Å². The first-order valence-corrected chi connectivity index (χ1v) is 20.3. The monoisotopic (exact) mass is 827 g/mol. The van der Waals surface area contributed by atoms with E-state index in [-0.39, 0.29) is 24.2 Å². The summed E-state index contributed by atoms with van der Waals surface area (Å²) in [6.45, 7) is 3.43. The van der Waals surface area contributed by atoms with Crippen molar-refractivity contribution in [2.45, 2.75) is 38.8 Å². The highest BCUT2D eigenvalue weighted by Crippen LogP contribution is 2.27. The van der Waals surface area contributed by atoms with Crippen LogP contribution in [-0.4, -0.2) is 61.4 Å². The van der Waals surface area contributed by atoms with Gasteiger partial charge in [-0.05, 0) is 92.1 Å². The molecule has 6 aromatic rings. The molecule has 6 rings (SSSR count). The smallest absolute Gasteiger partial charge is 0.325 e. The first kappa shape index (κ1) is 40.2. The van der Waals surface area contributed by atoms with Gasteiger partial charge in [-0.25, -0.2) is 37.0 Å². The number of hydrogen-bond acceptors (Lipinski definition) is 9. The molecule has 0 saturated carbocycles. The summed E-state index contributed by atoms with van der Waals surface area (Å²) in [6.07, 6.45) is -0.989. The number of carbonyl (C=O) groups is 3. The molecule has 0 aliphatic heterocycles. The van der Waals surface area contributed by atoms with E-state index in [0.29, 0.717) is 34.5 Å². The van der Waals surface area contributed by atoms with E-state index in [4.69, 9.17) is 0 Å². The molecule has 19 heteroatoms. The molecule has 1 unspecified atom stereocenters. The molecule has 2 atom stereocenters. The second kappa shape index (κ2) is 17.1. The Hall–Kier alpha value is -5.50. The Morgan fingerprint density at radius 1 is 0.661 bits per heavy atom. The Bertz CT molecular complexity index is 2490. The van der Waals surface area contributed by atoms with E-state index in [1.54, 1.807) is 66.0 Å². The van der Waals surface area contributed by atoms with Gasteiger partial charge in [0.25, 0.3) is 0 Å². The van der Waals surface area contributed by atoms with E-state index in [9.17, 15) is 40.4 Å². The van der Waals surface area contributed by atoms with E-state index >= 15 is 0 Å². The van der Waals surface area contributed by atoms with Gasteiger partial charge >= 0.3 is 16.2 Å². The van der Waals surface area contributed by atoms with Crippen LogP contribution in [0.4, 0.5) is 33.7 Å². The van der Waals surface area contributed by atoms with Crippen LogP contribution in [0, 0.1) is 23.3 Å². The number of nitrogens with one attached hydrogen (secondary N) is 3. The Labute approximate surface area is 326 Å². The molecule has 4 aromatic carbocycles. The van der Waals surface area contributed by atoms with Crippen molar-refractivity contribution < 1.29 is 40.4 Å². The summed E-state index contributed by atoms with van der Waals surface area (Å²) in [6, 6.07) is 10.4. The number of fused-ring (bicyclic) bond motifs is 2. The van der Waals surface area contributed by atoms with Gasteiger partial charge in [-0.1, -0.05) is 0 Å². The van der Waals surface area contributed by atoms with Gasteiger partial charge in [-0.3, -0.25) is 9.59 Å². The lowest BCUT2D eigenvalue weighted by Crippen LogP contribution is -2.57. The zero-order chi connectivity index (χ0) is 40.1. The fraction of sp³-hybridized carbons (Fsp3) is 0.216. The van der Waals surface area contributed by atoms with Crippen LogP contribution in [0.3, 0.4) is 0 Å². The third-order valence-electron chi connectivity index (χ3n) is 8.57. The topological polar surface area (TPSA) is 154 Å². The van der Waals surface area contributed by atoms with Crippen LogP contribution in [0.25, 0.3) is 20.4 Å². The number of hydrogen-bond donors (Lipinski definition) is 3. The van der Waals surface area contributed by atoms with Crippen LogP contribution in [0.15, 0.2) is 83.8 Å². The van der Waals surface area contributed by atoms with E-state index < -0.39 is 76.2 Å². The minimum absolute atomic E-state index is 0.0170. The van der Waals surface area contributed by atoms with Crippen LogP contribution >= 0.6 is 22.7 Å². The average molecular weight is 828 g/mol. The summed E-state index contributed by atoms with van der Waals surface area (Å²) < 4.78 is 89.5. The predicted octanol–water partition coefficient (Wildman–Crippen LogP) is 6.22. The summed E-state index contributed by atoms with van der Waals surface area (Å²) >= 11 is 2.76. The summed E-state index contributed by atoms with van der Waals surface area (Å²) in [5, 5.41) is 2.30. The number of anilines is 2. The molecule has 56 heavy (non-hydrogen) atoms. The number of halogens is 4. The Kier molecular flexibility index (Phi) is 12.3. The number of thiazole rings is 2. The lowest BCUT2D eigenvalue weighted by Gasteiger charge is -2.28. The SMILES string of the molecule is CCN(C(=O)C(Cc1cc(F)cc(F)c1)NC(=O)NS(=O)(=O)N[C@@H](Cc1cc(F)cc(F)c1)C(=O)N(CC)c1ccc2scnc2c1)c1ccc2scnc2c1. The lowest BCUT2D eigenvalue weighted by atomic mass is 10.0. The van der Waals surface area contributed by atoms with Gasteiger partial charge in [0, 0.05) is 43.0 Å². The molecule has 0 spiro atoms. The molecular weight excluding hydrogens is 795 g/mol. The van der Waals surface area contributed by atoms with Crippen LogP contribution in [0.5, 0.6) is 0 Å². The van der Waals surface area contributed by atoms with Crippen molar-refractivity contribution in [2.75, 3.05) is 22.9 Å². The fourth-order valence-electron chi connectivity index (χ4n) is 6.17. The van der Waals surface area contributed by atoms with E-state index in [1.165, 1.54) is 32.5 Å². The molecule has 0 aliphatic carbocycles. The first-order valence-electron chi connectivity index (χ1n) is 17.0. The summed E-state index contributed by atoms with van der Waals surface area (Å²) in [5.74, 6) is -5.38. The van der Waals surface area contributed by atoms with Gasteiger partial charge in [0.15, 0.2) is 0 Å². The zero-order valence-electron chi connectivity index (χ0n) is 29.6. The normalized spacial score (nSPS) is 12.7. The van der Waals surface area contributed by atoms with Crippen LogP contribution in [0.2, 0.25) is 0 Å². The largest absolute Gasteiger partial charge is 0.330 e. The van der Waals surface area contributed by atoms with E-state index in [2.05, 4.69) is 20.0 Å². The second-order valence-corrected chi connectivity index (χ2v) is 15.7. The number of nitrogens with zero attached hydrogens (tertiary/aromatic N) is 4. The van der Waals surface area contributed by atoms with Gasteiger partial charge < -0.3 is 15.1 Å². The van der Waals surface area contributed by atoms with Gasteiger partial charge in [0.2, 0.25) is 11.8 Å². The molecule has 0 bridgehead atoms. The van der Waals surface area contributed by atoms with E-state index in [0.717, 1.165) is 33.7 Å². The van der Waals surface area contributed by atoms with Crippen molar-refractivity contribution in [2.24, 2.45) is 0 Å². The molecule has 0 saturated heterocycles. The molecule has 0 fully saturated rings. The average Bonchev–Trinajstić information content (AvgIpc) is 3.80. The van der Waals surface area contributed by atoms with Crippen molar-refractivity contribution in [3.63, 3.8) is 0 Å². The van der Waals surface area contributed by atoms with Crippen molar-refractivity contribution >= 4 is 82.5 Å². The van der Waals surface area contributed by atoms with Crippen molar-refractivity contribution in [3.8, 4) is 0 Å². The summed E-state index contributed by atoms with van der Waals surface area (Å²) in [7, 11) is -4.98. The third-order valence-corrected chi connectivity index (χ3v) is 11.2. The van der Waals surface area contributed by atoms with Crippen LogP contribution in [0.1, 0.15) is 25.0 Å². The number of amides is 4. The molecule has 0 radical (unpaired) electrons. The second-order valence-electron chi connectivity index (χ2n) is 12.4. The summed E-state index contributed by atoms with van der Waals surface area (Å²) in [4.78, 5) is 52.6. The minimum atomic E-state index is -4.98.